The Hall–Kier alpha value is -1.83. The van der Waals surface area contributed by atoms with Gasteiger partial charge in [0.05, 0.1) is 4.83 Å². The van der Waals surface area contributed by atoms with E-state index in [-0.39, 0.29) is 11.1 Å². The maximum Gasteiger partial charge on any atom is 0.573 e. The number of halogens is 4. The number of carboxylic acids is 1. The van der Waals surface area contributed by atoms with Crippen LogP contribution in [-0.4, -0.2) is 28.0 Å². The fraction of sp³-hybridized carbons (Fsp3) is 0.231. The van der Waals surface area contributed by atoms with Crippen LogP contribution in [0.4, 0.5) is 13.2 Å². The molecule has 1 aromatic rings. The number of carbonyl (C=O) groups is 2. The Bertz CT molecular complexity index is 579. The van der Waals surface area contributed by atoms with Crippen molar-refractivity contribution >= 4 is 33.8 Å². The van der Waals surface area contributed by atoms with Gasteiger partial charge in [0.1, 0.15) is 5.75 Å². The van der Waals surface area contributed by atoms with Gasteiger partial charge in [0, 0.05) is 11.6 Å². The van der Waals surface area contributed by atoms with Crippen LogP contribution in [0.25, 0.3) is 6.08 Å². The predicted molar refractivity (Wildman–Crippen MR) is 72.5 cm³/mol. The Morgan fingerprint density at radius 1 is 1.38 bits per heavy atom. The van der Waals surface area contributed by atoms with Crippen LogP contribution >= 0.6 is 15.9 Å². The van der Waals surface area contributed by atoms with Gasteiger partial charge in [-0.1, -0.05) is 15.9 Å². The summed E-state index contributed by atoms with van der Waals surface area (Å²) in [6, 6.07) is 3.10. The fourth-order valence-electron chi connectivity index (χ4n) is 1.48. The number of ether oxygens (including phenoxy) is 1. The van der Waals surface area contributed by atoms with E-state index in [1.165, 1.54) is 0 Å². The quantitative estimate of drug-likeness (QED) is 0.490. The van der Waals surface area contributed by atoms with Gasteiger partial charge in [0.2, 0.25) is 0 Å². The van der Waals surface area contributed by atoms with Crippen molar-refractivity contribution in [3.05, 3.63) is 35.4 Å². The summed E-state index contributed by atoms with van der Waals surface area (Å²) in [5, 5.41) is 8.58. The van der Waals surface area contributed by atoms with E-state index in [4.69, 9.17) is 5.11 Å². The summed E-state index contributed by atoms with van der Waals surface area (Å²) in [5.74, 6) is -2.22. The first kappa shape index (κ1) is 17.2. The van der Waals surface area contributed by atoms with E-state index in [1.807, 2.05) is 0 Å². The summed E-state index contributed by atoms with van der Waals surface area (Å²) in [6.07, 6.45) is -3.11. The lowest BCUT2D eigenvalue weighted by Gasteiger charge is -2.12. The second kappa shape index (κ2) is 6.75. The van der Waals surface area contributed by atoms with Crippen LogP contribution in [0.15, 0.2) is 24.3 Å². The summed E-state index contributed by atoms with van der Waals surface area (Å²) in [6.45, 7) is 1.55. The number of rotatable bonds is 5. The van der Waals surface area contributed by atoms with Crippen molar-refractivity contribution in [1.82, 2.24) is 0 Å². The highest BCUT2D eigenvalue weighted by atomic mass is 79.9. The van der Waals surface area contributed by atoms with Crippen molar-refractivity contribution in [2.45, 2.75) is 18.1 Å². The molecule has 1 atom stereocenters. The standard InChI is InChI=1S/C13H10BrF3O4/c1-7(14)12(20)10-4-3-9(21-13(15,16)17)6-8(10)2-5-11(18)19/h2-7H,1H3,(H,18,19). The molecule has 1 unspecified atom stereocenters. The second-order valence-corrected chi connectivity index (χ2v) is 5.32. The fourth-order valence-corrected chi connectivity index (χ4v) is 1.72. The predicted octanol–water partition coefficient (Wildman–Crippen LogP) is 3.65. The molecule has 0 radical (unpaired) electrons. The molecule has 0 amide bonds. The number of ketones is 1. The maximum absolute atomic E-state index is 12.2. The van der Waals surface area contributed by atoms with Gasteiger partial charge in [0.15, 0.2) is 5.78 Å². The van der Waals surface area contributed by atoms with Gasteiger partial charge < -0.3 is 9.84 Å². The smallest absolute Gasteiger partial charge is 0.478 e. The average molecular weight is 367 g/mol. The van der Waals surface area contributed by atoms with Crippen molar-refractivity contribution in [3.8, 4) is 5.75 Å². The molecular formula is C13H10BrF3O4. The largest absolute Gasteiger partial charge is 0.573 e. The minimum atomic E-state index is -4.87. The lowest BCUT2D eigenvalue weighted by molar-refractivity contribution is -0.274. The van der Waals surface area contributed by atoms with Crippen LogP contribution in [0.3, 0.4) is 0 Å². The Labute approximate surface area is 126 Å². The summed E-state index contributed by atoms with van der Waals surface area (Å²) in [5.41, 5.74) is 0.113. The molecular weight excluding hydrogens is 357 g/mol. The van der Waals surface area contributed by atoms with E-state index in [9.17, 15) is 22.8 Å². The molecule has 1 aromatic carbocycles. The molecule has 114 valence electrons. The zero-order valence-electron chi connectivity index (χ0n) is 10.6. The molecule has 0 fully saturated rings. The average Bonchev–Trinajstić information content (AvgIpc) is 2.33. The zero-order chi connectivity index (χ0) is 16.2. The molecule has 0 saturated carbocycles. The minimum absolute atomic E-state index is 0.0236. The minimum Gasteiger partial charge on any atom is -0.478 e. The van der Waals surface area contributed by atoms with Gasteiger partial charge in [-0.3, -0.25) is 4.79 Å². The van der Waals surface area contributed by atoms with E-state index in [2.05, 4.69) is 20.7 Å². The Kier molecular flexibility index (Phi) is 5.54. The highest BCUT2D eigenvalue weighted by Gasteiger charge is 2.31. The molecule has 0 saturated heterocycles. The number of carboxylic acid groups (broad SMARTS) is 1. The third kappa shape index (κ3) is 5.58. The molecule has 0 aliphatic carbocycles. The van der Waals surface area contributed by atoms with E-state index >= 15 is 0 Å². The van der Waals surface area contributed by atoms with Crippen molar-refractivity contribution < 1.29 is 32.6 Å². The highest BCUT2D eigenvalue weighted by Crippen LogP contribution is 2.27. The molecule has 1 rings (SSSR count). The van der Waals surface area contributed by atoms with Crippen molar-refractivity contribution in [1.29, 1.82) is 0 Å². The van der Waals surface area contributed by atoms with Crippen LogP contribution in [0, 0.1) is 0 Å². The molecule has 0 bridgehead atoms. The lowest BCUT2D eigenvalue weighted by Crippen LogP contribution is -2.18. The van der Waals surface area contributed by atoms with Crippen LogP contribution in [0.1, 0.15) is 22.8 Å². The van der Waals surface area contributed by atoms with E-state index in [0.717, 1.165) is 30.4 Å². The maximum atomic E-state index is 12.2. The first-order chi connectivity index (χ1) is 9.60. The van der Waals surface area contributed by atoms with Crippen LogP contribution in [-0.2, 0) is 4.79 Å². The molecule has 8 heteroatoms. The van der Waals surface area contributed by atoms with Crippen LogP contribution in [0.5, 0.6) is 5.75 Å². The van der Waals surface area contributed by atoms with E-state index in [0.29, 0.717) is 0 Å². The Morgan fingerprint density at radius 2 is 2.00 bits per heavy atom. The normalized spacial score (nSPS) is 13.2. The monoisotopic (exact) mass is 366 g/mol. The summed E-state index contributed by atoms with van der Waals surface area (Å²) in [4.78, 5) is 21.9. The van der Waals surface area contributed by atoms with Gasteiger partial charge in [-0.2, -0.15) is 0 Å². The van der Waals surface area contributed by atoms with Gasteiger partial charge >= 0.3 is 12.3 Å². The number of aliphatic carboxylic acids is 1. The number of carbonyl (C=O) groups excluding carboxylic acids is 1. The van der Waals surface area contributed by atoms with Crippen LogP contribution in [0.2, 0.25) is 0 Å². The molecule has 1 N–H and O–H groups in total. The van der Waals surface area contributed by atoms with Crippen molar-refractivity contribution in [2.24, 2.45) is 0 Å². The van der Waals surface area contributed by atoms with Crippen LogP contribution < -0.4 is 4.74 Å². The Balaban J connectivity index is 3.26. The Morgan fingerprint density at radius 3 is 2.48 bits per heavy atom. The van der Waals surface area contributed by atoms with Crippen molar-refractivity contribution in [2.75, 3.05) is 0 Å². The molecule has 0 aliphatic heterocycles. The third-order valence-corrected chi connectivity index (χ3v) is 2.70. The highest BCUT2D eigenvalue weighted by molar-refractivity contribution is 9.10. The number of benzene rings is 1. The van der Waals surface area contributed by atoms with Gasteiger partial charge in [-0.25, -0.2) is 4.79 Å². The number of hydrogen-bond acceptors (Lipinski definition) is 3. The van der Waals surface area contributed by atoms with E-state index in [1.54, 1.807) is 6.92 Å². The third-order valence-electron chi connectivity index (χ3n) is 2.29. The summed E-state index contributed by atoms with van der Waals surface area (Å²) >= 11 is 3.06. The zero-order valence-corrected chi connectivity index (χ0v) is 12.2. The lowest BCUT2D eigenvalue weighted by atomic mass is 10.0. The molecule has 0 spiro atoms. The topological polar surface area (TPSA) is 63.6 Å². The van der Waals surface area contributed by atoms with Gasteiger partial charge in [0.25, 0.3) is 0 Å². The first-order valence-corrected chi connectivity index (χ1v) is 6.51. The molecule has 0 aliphatic rings. The molecule has 4 nitrogen and oxygen atoms in total. The first-order valence-electron chi connectivity index (χ1n) is 5.59. The number of Topliss-reactive ketones (excluding diaryl/α,β-unsaturated/α-hetero) is 1. The number of hydrogen-bond donors (Lipinski definition) is 1. The second-order valence-electron chi connectivity index (χ2n) is 3.95. The summed E-state index contributed by atoms with van der Waals surface area (Å²) < 4.78 is 40.2. The summed E-state index contributed by atoms with van der Waals surface area (Å²) in [7, 11) is 0. The molecule has 0 aromatic heterocycles. The number of alkyl halides is 4. The molecule has 21 heavy (non-hydrogen) atoms. The van der Waals surface area contributed by atoms with Crippen molar-refractivity contribution in [3.63, 3.8) is 0 Å². The SMILES string of the molecule is CC(Br)C(=O)c1ccc(OC(F)(F)F)cc1C=CC(=O)O. The van der Waals surface area contributed by atoms with Gasteiger partial charge in [-0.05, 0) is 36.8 Å². The van der Waals surface area contributed by atoms with E-state index < -0.39 is 28.7 Å². The molecule has 0 heterocycles. The van der Waals surface area contributed by atoms with Gasteiger partial charge in [-0.15, -0.1) is 13.2 Å².